The van der Waals surface area contributed by atoms with Crippen LogP contribution in [0, 0.1) is 11.8 Å². The normalized spacial score (nSPS) is 27.8. The third kappa shape index (κ3) is 3.05. The van der Waals surface area contributed by atoms with Crippen LogP contribution in [0.25, 0.3) is 0 Å². The van der Waals surface area contributed by atoms with E-state index < -0.39 is 5.97 Å². The molecule has 2 aliphatic carbocycles. The van der Waals surface area contributed by atoms with Gasteiger partial charge in [-0.05, 0) is 31.1 Å². The summed E-state index contributed by atoms with van der Waals surface area (Å²) in [4.78, 5) is 9.84. The first kappa shape index (κ1) is 10.0. The van der Waals surface area contributed by atoms with Gasteiger partial charge in [0.1, 0.15) is 0 Å². The summed E-state index contributed by atoms with van der Waals surface area (Å²) >= 11 is 0. The molecule has 72 valence electrons. The van der Waals surface area contributed by atoms with Crippen molar-refractivity contribution < 1.29 is 9.53 Å². The summed E-state index contributed by atoms with van der Waals surface area (Å²) in [5, 5.41) is 0. The minimum atomic E-state index is -0.394. The molecule has 2 aliphatic rings. The van der Waals surface area contributed by atoms with Crippen molar-refractivity contribution in [3.8, 4) is 0 Å². The van der Waals surface area contributed by atoms with E-state index in [4.69, 9.17) is 0 Å². The van der Waals surface area contributed by atoms with Crippen molar-refractivity contribution >= 4 is 5.97 Å². The highest BCUT2D eigenvalue weighted by molar-refractivity contribution is 5.80. The zero-order chi connectivity index (χ0) is 9.68. The predicted octanol–water partition coefficient (Wildman–Crippen LogP) is 2.32. The van der Waals surface area contributed by atoms with Crippen LogP contribution in [0.3, 0.4) is 0 Å². The maximum Gasteiger partial charge on any atom is 0.329 e. The molecule has 0 aromatic rings. The van der Waals surface area contributed by atoms with Gasteiger partial charge in [0.05, 0.1) is 7.11 Å². The van der Waals surface area contributed by atoms with Crippen molar-refractivity contribution in [2.24, 2.45) is 11.8 Å². The molecule has 2 nitrogen and oxygen atoms in total. The van der Waals surface area contributed by atoms with E-state index in [-0.39, 0.29) is 0 Å². The summed E-state index contributed by atoms with van der Waals surface area (Å²) < 4.78 is 4.14. The Bertz CT molecular complexity index is 206. The van der Waals surface area contributed by atoms with E-state index in [0.29, 0.717) is 0 Å². The highest BCUT2D eigenvalue weighted by Crippen LogP contribution is 2.38. The minimum Gasteiger partial charge on any atom is -0.466 e. The van der Waals surface area contributed by atoms with Crippen LogP contribution in [0.1, 0.15) is 19.3 Å². The lowest BCUT2D eigenvalue weighted by atomic mass is 10.1. The Morgan fingerprint density at radius 3 is 2.08 bits per heavy atom. The van der Waals surface area contributed by atoms with Gasteiger partial charge in [-0.25, -0.2) is 4.79 Å². The smallest absolute Gasteiger partial charge is 0.329 e. The molecule has 0 aromatic carbocycles. The van der Waals surface area contributed by atoms with Gasteiger partial charge in [0.15, 0.2) is 0 Å². The molecule has 13 heavy (non-hydrogen) atoms. The number of methoxy groups -OCH3 is 1. The van der Waals surface area contributed by atoms with Gasteiger partial charge < -0.3 is 4.74 Å². The zero-order valence-electron chi connectivity index (χ0n) is 8.03. The average Bonchev–Trinajstić information content (AvgIpc) is 2.81. The fourth-order valence-electron chi connectivity index (χ4n) is 1.80. The molecule has 0 heterocycles. The molecule has 1 saturated carbocycles. The topological polar surface area (TPSA) is 26.3 Å². The Morgan fingerprint density at radius 1 is 1.46 bits per heavy atom. The molecule has 0 radical (unpaired) electrons. The maximum absolute atomic E-state index is 9.84. The number of hydrogen-bond donors (Lipinski definition) is 0. The Kier molecular flexibility index (Phi) is 3.74. The van der Waals surface area contributed by atoms with E-state index in [9.17, 15) is 4.79 Å². The van der Waals surface area contributed by atoms with Crippen LogP contribution >= 0.6 is 0 Å². The lowest BCUT2D eigenvalue weighted by Gasteiger charge is -1.96. The summed E-state index contributed by atoms with van der Waals surface area (Å²) in [7, 11) is 1.31. The van der Waals surface area contributed by atoms with Gasteiger partial charge in [0.2, 0.25) is 0 Å². The number of carbonyl (C=O) groups is 1. The lowest BCUT2D eigenvalue weighted by molar-refractivity contribution is -0.134. The maximum atomic E-state index is 9.84. The Balaban J connectivity index is 0.000000133. The van der Waals surface area contributed by atoms with Gasteiger partial charge in [-0.2, -0.15) is 0 Å². The first-order chi connectivity index (χ1) is 6.26. The summed E-state index contributed by atoms with van der Waals surface area (Å²) in [6.45, 7) is 3.16. The van der Waals surface area contributed by atoms with Crippen molar-refractivity contribution in [1.82, 2.24) is 0 Å². The predicted molar refractivity (Wildman–Crippen MR) is 52.2 cm³/mol. The Hall–Kier alpha value is -1.05. The second kappa shape index (κ2) is 4.85. The van der Waals surface area contributed by atoms with Crippen LogP contribution < -0.4 is 0 Å². The number of rotatable bonds is 1. The van der Waals surface area contributed by atoms with Crippen LogP contribution in [0.4, 0.5) is 0 Å². The summed E-state index contributed by atoms with van der Waals surface area (Å²) in [6.07, 6.45) is 10.3. The molecule has 0 spiro atoms. The van der Waals surface area contributed by atoms with Gasteiger partial charge in [-0.3, -0.25) is 0 Å². The highest BCUT2D eigenvalue weighted by atomic mass is 16.5. The molecule has 0 saturated heterocycles. The molecule has 2 heteroatoms. The number of carbonyl (C=O) groups excluding carboxylic acids is 1. The van der Waals surface area contributed by atoms with Gasteiger partial charge in [0, 0.05) is 6.08 Å². The van der Waals surface area contributed by atoms with Gasteiger partial charge >= 0.3 is 5.97 Å². The minimum absolute atomic E-state index is 0.394. The van der Waals surface area contributed by atoms with Gasteiger partial charge in [0.25, 0.3) is 0 Å². The third-order valence-electron chi connectivity index (χ3n) is 2.54. The van der Waals surface area contributed by atoms with Crippen LogP contribution in [-0.4, -0.2) is 13.1 Å². The first-order valence-electron chi connectivity index (χ1n) is 4.65. The Labute approximate surface area is 79.3 Å². The summed E-state index contributed by atoms with van der Waals surface area (Å²) in [5.41, 5.74) is 0. The second-order valence-corrected chi connectivity index (χ2v) is 3.45. The van der Waals surface area contributed by atoms with Crippen LogP contribution in [0.15, 0.2) is 24.8 Å². The van der Waals surface area contributed by atoms with Crippen LogP contribution in [-0.2, 0) is 9.53 Å². The van der Waals surface area contributed by atoms with E-state index in [1.54, 1.807) is 0 Å². The van der Waals surface area contributed by atoms with Crippen molar-refractivity contribution in [2.45, 2.75) is 19.3 Å². The molecular formula is C11H16O2. The number of ether oxygens (including phenoxy) is 1. The molecule has 0 amide bonds. The quantitative estimate of drug-likeness (QED) is 0.351. The summed E-state index contributed by atoms with van der Waals surface area (Å²) in [6, 6.07) is 0. The van der Waals surface area contributed by atoms with Gasteiger partial charge in [-0.1, -0.05) is 18.7 Å². The molecular weight excluding hydrogens is 164 g/mol. The first-order valence-corrected chi connectivity index (χ1v) is 4.65. The van der Waals surface area contributed by atoms with Crippen molar-refractivity contribution in [2.75, 3.05) is 7.11 Å². The fraction of sp³-hybridized carbons (Fsp3) is 0.545. The van der Waals surface area contributed by atoms with Crippen molar-refractivity contribution in [1.29, 1.82) is 0 Å². The SMILES string of the molecule is C1=CC2CCC1C2.C=CC(=O)OC. The van der Waals surface area contributed by atoms with Crippen molar-refractivity contribution in [3.05, 3.63) is 24.8 Å². The molecule has 2 bridgehead atoms. The number of hydrogen-bond acceptors (Lipinski definition) is 2. The zero-order valence-corrected chi connectivity index (χ0v) is 8.03. The van der Waals surface area contributed by atoms with E-state index in [2.05, 4.69) is 23.5 Å². The molecule has 2 atom stereocenters. The molecule has 0 aliphatic heterocycles. The standard InChI is InChI=1S/C7H10.C4H6O2/c1-2-7-4-3-6(1)5-7;1-3-4(5)6-2/h1-2,6-7H,3-5H2;3H,1H2,2H3. The largest absolute Gasteiger partial charge is 0.466 e. The third-order valence-corrected chi connectivity index (χ3v) is 2.54. The van der Waals surface area contributed by atoms with Gasteiger partial charge in [-0.15, -0.1) is 0 Å². The van der Waals surface area contributed by atoms with E-state index in [1.165, 1.54) is 26.4 Å². The van der Waals surface area contributed by atoms with E-state index in [1.807, 2.05) is 0 Å². The average molecular weight is 180 g/mol. The second-order valence-electron chi connectivity index (χ2n) is 3.45. The monoisotopic (exact) mass is 180 g/mol. The van der Waals surface area contributed by atoms with Crippen LogP contribution in [0.2, 0.25) is 0 Å². The molecule has 2 unspecified atom stereocenters. The lowest BCUT2D eigenvalue weighted by Crippen LogP contribution is -1.91. The van der Waals surface area contributed by atoms with E-state index >= 15 is 0 Å². The fourth-order valence-corrected chi connectivity index (χ4v) is 1.80. The van der Waals surface area contributed by atoms with E-state index in [0.717, 1.165) is 17.9 Å². The molecule has 2 rings (SSSR count). The Morgan fingerprint density at radius 2 is 2.00 bits per heavy atom. The molecule has 1 fully saturated rings. The molecule has 0 N–H and O–H groups in total. The highest BCUT2D eigenvalue weighted by Gasteiger charge is 2.25. The number of fused-ring (bicyclic) bond motifs is 2. The van der Waals surface area contributed by atoms with Crippen LogP contribution in [0.5, 0.6) is 0 Å². The molecule has 0 aromatic heterocycles. The number of allylic oxidation sites excluding steroid dienone is 2. The summed E-state index contributed by atoms with van der Waals surface area (Å²) in [5.74, 6) is 1.59. The number of esters is 1. The van der Waals surface area contributed by atoms with Crippen molar-refractivity contribution in [3.63, 3.8) is 0 Å².